The number of rotatable bonds is 6. The molecule has 9 heteroatoms. The van der Waals surface area contributed by atoms with Crippen molar-refractivity contribution in [2.24, 2.45) is 7.05 Å². The Bertz CT molecular complexity index is 1430. The van der Waals surface area contributed by atoms with E-state index >= 15 is 0 Å². The van der Waals surface area contributed by atoms with Crippen LogP contribution in [-0.2, 0) is 13.5 Å². The fraction of sp³-hybridized carbons (Fsp3) is 0.208. The Balaban J connectivity index is 1.28. The van der Waals surface area contributed by atoms with E-state index in [-0.39, 0.29) is 5.92 Å². The minimum Gasteiger partial charge on any atom is -0.478 e. The lowest BCUT2D eigenvalue weighted by molar-refractivity contribution is 0.240. The molecule has 1 aliphatic rings. The molecule has 6 rings (SSSR count). The third kappa shape index (κ3) is 3.67. The van der Waals surface area contributed by atoms with Crippen LogP contribution in [0, 0.1) is 0 Å². The fourth-order valence-corrected chi connectivity index (χ4v) is 4.17. The lowest BCUT2D eigenvalue weighted by Crippen LogP contribution is -2.21. The number of anilines is 2. The molecule has 0 amide bonds. The highest BCUT2D eigenvalue weighted by atomic mass is 16.5. The number of pyridine rings is 1. The highest BCUT2D eigenvalue weighted by Crippen LogP contribution is 2.33. The summed E-state index contributed by atoms with van der Waals surface area (Å²) in [5, 5.41) is 16.3. The van der Waals surface area contributed by atoms with Crippen molar-refractivity contribution in [2.45, 2.75) is 18.8 Å². The number of hydrogen-bond acceptors (Lipinski definition) is 7. The maximum atomic E-state index is 6.16. The van der Waals surface area contributed by atoms with Crippen molar-refractivity contribution in [1.29, 1.82) is 0 Å². The van der Waals surface area contributed by atoms with Crippen molar-refractivity contribution >= 4 is 17.4 Å². The van der Waals surface area contributed by atoms with Crippen molar-refractivity contribution in [2.75, 3.05) is 11.9 Å². The zero-order valence-electron chi connectivity index (χ0n) is 18.1. The van der Waals surface area contributed by atoms with E-state index in [4.69, 9.17) is 4.74 Å². The molecule has 1 aliphatic heterocycles. The molecule has 0 spiro atoms. The molecule has 9 nitrogen and oxygen atoms in total. The highest BCUT2D eigenvalue weighted by Gasteiger charge is 2.26. The molecular weight excluding hydrogens is 416 g/mol. The number of nitrogens with one attached hydrogen (secondary N) is 1. The topological polar surface area (TPSA) is 95.1 Å². The normalized spacial score (nSPS) is 14.9. The summed E-state index contributed by atoms with van der Waals surface area (Å²) >= 11 is 0. The van der Waals surface area contributed by atoms with Crippen molar-refractivity contribution in [1.82, 2.24) is 34.3 Å². The highest BCUT2D eigenvalue weighted by molar-refractivity contribution is 5.67. The third-order valence-corrected chi connectivity index (χ3v) is 5.93. The van der Waals surface area contributed by atoms with Crippen LogP contribution in [0.5, 0.6) is 5.88 Å². The van der Waals surface area contributed by atoms with Crippen LogP contribution in [-0.4, -0.2) is 41.0 Å². The lowest BCUT2D eigenvalue weighted by Gasteiger charge is -2.23. The zero-order chi connectivity index (χ0) is 22.2. The molecule has 1 aromatic carbocycles. The van der Waals surface area contributed by atoms with E-state index in [1.807, 2.05) is 41.8 Å². The molecule has 4 aromatic heterocycles. The van der Waals surface area contributed by atoms with Crippen LogP contribution in [0.15, 0.2) is 67.0 Å². The van der Waals surface area contributed by atoms with Gasteiger partial charge in [-0.2, -0.15) is 5.10 Å². The number of nitrogens with zero attached hydrogens (tertiary/aromatic N) is 7. The van der Waals surface area contributed by atoms with Crippen LogP contribution >= 0.6 is 0 Å². The molecular formula is C24H22N8O. The molecule has 5 heterocycles. The largest absolute Gasteiger partial charge is 0.478 e. The predicted molar refractivity (Wildman–Crippen MR) is 124 cm³/mol. The molecule has 0 bridgehead atoms. The van der Waals surface area contributed by atoms with E-state index in [2.05, 4.69) is 54.8 Å². The summed E-state index contributed by atoms with van der Waals surface area (Å²) in [5.74, 6) is 3.19. The molecule has 0 fully saturated rings. The van der Waals surface area contributed by atoms with Gasteiger partial charge in [-0.25, -0.2) is 14.4 Å². The van der Waals surface area contributed by atoms with E-state index in [9.17, 15) is 0 Å². The standard InChI is InChI=1S/C24H22N8O/c1-31-20(10-12-26-31)28-24-25-11-9-19(27-24)18-13-21-29-30-23-17(15-33-22(14-18)32(21)23)8-7-16-5-3-2-4-6-16/h2-6,9-14,17H,7-8,15H2,1H3,(H,25,27,28)/t17-/m0/s1. The van der Waals surface area contributed by atoms with Crippen molar-refractivity contribution < 1.29 is 4.74 Å². The maximum absolute atomic E-state index is 6.16. The molecule has 0 saturated carbocycles. The van der Waals surface area contributed by atoms with Gasteiger partial charge in [-0.1, -0.05) is 30.3 Å². The summed E-state index contributed by atoms with van der Waals surface area (Å²) in [4.78, 5) is 9.00. The minimum absolute atomic E-state index is 0.201. The van der Waals surface area contributed by atoms with E-state index in [0.29, 0.717) is 12.6 Å². The average Bonchev–Trinajstić information content (AvgIpc) is 3.47. The van der Waals surface area contributed by atoms with Gasteiger partial charge in [-0.15, -0.1) is 10.2 Å². The smallest absolute Gasteiger partial charge is 0.228 e. The fourth-order valence-electron chi connectivity index (χ4n) is 4.17. The molecule has 33 heavy (non-hydrogen) atoms. The minimum atomic E-state index is 0.201. The van der Waals surface area contributed by atoms with Gasteiger partial charge in [0.25, 0.3) is 0 Å². The Hall–Kier alpha value is -4.27. The SMILES string of the molecule is Cn1nccc1Nc1nccc(-c2cc3n4c(nnc4c2)[C@@H](CCc2ccccc2)CO3)n1. The maximum Gasteiger partial charge on any atom is 0.228 e. The van der Waals surface area contributed by atoms with Crippen LogP contribution in [0.1, 0.15) is 23.7 Å². The van der Waals surface area contributed by atoms with E-state index in [1.54, 1.807) is 17.1 Å². The van der Waals surface area contributed by atoms with Crippen LogP contribution in [0.4, 0.5) is 11.8 Å². The number of hydrogen-bond donors (Lipinski definition) is 1. The molecule has 1 N–H and O–H groups in total. The van der Waals surface area contributed by atoms with Gasteiger partial charge in [-0.3, -0.25) is 4.68 Å². The second kappa shape index (κ2) is 8.01. The van der Waals surface area contributed by atoms with Gasteiger partial charge in [0.05, 0.1) is 24.4 Å². The Morgan fingerprint density at radius 3 is 2.82 bits per heavy atom. The molecule has 1 atom stereocenters. The first-order chi connectivity index (χ1) is 16.2. The number of aryl methyl sites for hydroxylation is 2. The van der Waals surface area contributed by atoms with Crippen LogP contribution < -0.4 is 10.1 Å². The first-order valence-corrected chi connectivity index (χ1v) is 10.9. The van der Waals surface area contributed by atoms with E-state index in [1.165, 1.54) is 5.56 Å². The van der Waals surface area contributed by atoms with Gasteiger partial charge < -0.3 is 10.1 Å². The summed E-state index contributed by atoms with van der Waals surface area (Å²) < 4.78 is 9.90. The van der Waals surface area contributed by atoms with Crippen LogP contribution in [0.25, 0.3) is 16.9 Å². The first-order valence-electron chi connectivity index (χ1n) is 10.9. The van der Waals surface area contributed by atoms with Crippen molar-refractivity contribution in [3.05, 3.63) is 78.4 Å². The summed E-state index contributed by atoms with van der Waals surface area (Å²) in [5.41, 5.74) is 3.74. The number of aromatic nitrogens is 7. The molecule has 164 valence electrons. The summed E-state index contributed by atoms with van der Waals surface area (Å²) in [7, 11) is 1.86. The van der Waals surface area contributed by atoms with Crippen molar-refractivity contribution in [3.63, 3.8) is 0 Å². The zero-order valence-corrected chi connectivity index (χ0v) is 18.1. The molecule has 5 aromatic rings. The van der Waals surface area contributed by atoms with Gasteiger partial charge in [0.1, 0.15) is 11.6 Å². The molecule has 0 unspecified atom stereocenters. The number of benzene rings is 1. The Morgan fingerprint density at radius 1 is 1.06 bits per heavy atom. The summed E-state index contributed by atoms with van der Waals surface area (Å²) in [6.45, 7) is 0.584. The summed E-state index contributed by atoms with van der Waals surface area (Å²) in [6, 6.07) is 18.2. The Labute approximate surface area is 190 Å². The molecule has 0 saturated heterocycles. The summed E-state index contributed by atoms with van der Waals surface area (Å²) in [6.07, 6.45) is 5.39. The molecule has 0 radical (unpaired) electrons. The van der Waals surface area contributed by atoms with Crippen molar-refractivity contribution in [3.8, 4) is 17.1 Å². The van der Waals surface area contributed by atoms with Gasteiger partial charge in [0.15, 0.2) is 5.65 Å². The number of ether oxygens (including phenoxy) is 1. The van der Waals surface area contributed by atoms with E-state index in [0.717, 1.165) is 47.3 Å². The Kier molecular flexibility index (Phi) is 4.71. The monoisotopic (exact) mass is 438 g/mol. The second-order valence-corrected chi connectivity index (χ2v) is 8.10. The second-order valence-electron chi connectivity index (χ2n) is 8.10. The van der Waals surface area contributed by atoms with Gasteiger partial charge in [0.2, 0.25) is 11.8 Å². The Morgan fingerprint density at radius 2 is 1.97 bits per heavy atom. The van der Waals surface area contributed by atoms with Crippen LogP contribution in [0.2, 0.25) is 0 Å². The molecule has 0 aliphatic carbocycles. The van der Waals surface area contributed by atoms with Crippen LogP contribution in [0.3, 0.4) is 0 Å². The quantitative estimate of drug-likeness (QED) is 0.431. The average molecular weight is 438 g/mol. The first kappa shape index (κ1) is 19.4. The third-order valence-electron chi connectivity index (χ3n) is 5.93. The van der Waals surface area contributed by atoms with Gasteiger partial charge in [-0.05, 0) is 30.5 Å². The van der Waals surface area contributed by atoms with E-state index < -0.39 is 0 Å². The van der Waals surface area contributed by atoms with Gasteiger partial charge in [0, 0.05) is 30.9 Å². The predicted octanol–water partition coefficient (Wildman–Crippen LogP) is 3.77. The lowest BCUT2D eigenvalue weighted by atomic mass is 9.98. The van der Waals surface area contributed by atoms with Gasteiger partial charge >= 0.3 is 0 Å².